The van der Waals surface area contributed by atoms with Gasteiger partial charge in [0.05, 0.1) is 17.2 Å². The third-order valence-corrected chi connectivity index (χ3v) is 2.78. The van der Waals surface area contributed by atoms with Gasteiger partial charge in [-0.25, -0.2) is 0 Å². The summed E-state index contributed by atoms with van der Waals surface area (Å²) in [6.45, 7) is 3.34. The van der Waals surface area contributed by atoms with E-state index in [1.54, 1.807) is 12.1 Å². The van der Waals surface area contributed by atoms with E-state index in [4.69, 9.17) is 15.3 Å². The standard InChI is InChI=1S/C11H9F3N2O/c1-6(4-15)9-8(5-16)7(2)10(3,17-9)11(12,13)14/h1-3H3/b9-6-. The van der Waals surface area contributed by atoms with E-state index >= 15 is 0 Å². The minimum atomic E-state index is -4.64. The third-order valence-electron chi connectivity index (χ3n) is 2.78. The second kappa shape index (κ2) is 3.81. The molecule has 0 radical (unpaired) electrons. The van der Waals surface area contributed by atoms with Gasteiger partial charge in [-0.15, -0.1) is 0 Å². The highest BCUT2D eigenvalue weighted by molar-refractivity contribution is 5.53. The number of ether oxygens (including phenoxy) is 1. The molecule has 3 nitrogen and oxygen atoms in total. The lowest BCUT2D eigenvalue weighted by atomic mass is 9.94. The molecule has 1 aliphatic rings. The van der Waals surface area contributed by atoms with Crippen molar-refractivity contribution >= 4 is 0 Å². The molecule has 1 aliphatic heterocycles. The van der Waals surface area contributed by atoms with Crippen molar-refractivity contribution in [3.63, 3.8) is 0 Å². The highest BCUT2D eigenvalue weighted by atomic mass is 19.4. The first-order valence-electron chi connectivity index (χ1n) is 4.67. The lowest BCUT2D eigenvalue weighted by Gasteiger charge is -2.28. The van der Waals surface area contributed by atoms with Gasteiger partial charge in [0.15, 0.2) is 5.76 Å². The van der Waals surface area contributed by atoms with Crippen LogP contribution < -0.4 is 0 Å². The molecular weight excluding hydrogens is 233 g/mol. The van der Waals surface area contributed by atoms with E-state index < -0.39 is 11.8 Å². The Morgan fingerprint density at radius 1 is 1.35 bits per heavy atom. The zero-order valence-corrected chi connectivity index (χ0v) is 9.44. The van der Waals surface area contributed by atoms with Crippen LogP contribution in [0.2, 0.25) is 0 Å². The molecule has 1 unspecified atom stereocenters. The molecule has 1 heterocycles. The van der Waals surface area contributed by atoms with Crippen LogP contribution in [0.3, 0.4) is 0 Å². The Kier molecular flexibility index (Phi) is 2.94. The zero-order chi connectivity index (χ0) is 13.4. The van der Waals surface area contributed by atoms with Crippen molar-refractivity contribution in [3.8, 4) is 12.1 Å². The fourth-order valence-corrected chi connectivity index (χ4v) is 1.46. The Balaban J connectivity index is 3.49. The summed E-state index contributed by atoms with van der Waals surface area (Å²) in [4.78, 5) is 0. The van der Waals surface area contributed by atoms with Crippen molar-refractivity contribution in [2.45, 2.75) is 32.5 Å². The fourth-order valence-electron chi connectivity index (χ4n) is 1.46. The lowest BCUT2D eigenvalue weighted by molar-refractivity contribution is -0.237. The predicted octanol–water partition coefficient (Wildman–Crippen LogP) is 2.98. The molecule has 6 heteroatoms. The van der Waals surface area contributed by atoms with Crippen LogP contribution >= 0.6 is 0 Å². The van der Waals surface area contributed by atoms with Crippen molar-refractivity contribution in [1.29, 1.82) is 10.5 Å². The Hall–Kier alpha value is -1.95. The lowest BCUT2D eigenvalue weighted by Crippen LogP contribution is -2.43. The molecule has 0 fully saturated rings. The normalized spacial score (nSPS) is 27.3. The van der Waals surface area contributed by atoms with Gasteiger partial charge < -0.3 is 4.74 Å². The summed E-state index contributed by atoms with van der Waals surface area (Å²) in [5.74, 6) is -0.285. The van der Waals surface area contributed by atoms with Gasteiger partial charge in [0.25, 0.3) is 0 Å². The van der Waals surface area contributed by atoms with Gasteiger partial charge in [0.1, 0.15) is 6.07 Å². The summed E-state index contributed by atoms with van der Waals surface area (Å²) >= 11 is 0. The molecule has 0 saturated heterocycles. The number of alkyl halides is 3. The smallest absolute Gasteiger partial charge is 0.432 e. The van der Waals surface area contributed by atoms with Crippen LogP contribution in [-0.4, -0.2) is 11.8 Å². The van der Waals surface area contributed by atoms with Crippen LogP contribution in [0.15, 0.2) is 22.5 Å². The Bertz CT molecular complexity index is 502. The maximum atomic E-state index is 12.9. The first-order valence-corrected chi connectivity index (χ1v) is 4.67. The molecule has 17 heavy (non-hydrogen) atoms. The largest absolute Gasteiger partial charge is 0.471 e. The summed E-state index contributed by atoms with van der Waals surface area (Å²) in [7, 11) is 0. The SMILES string of the molecule is CC1=C(C#N)/C(=C(\C)C#N)OC1(C)C(F)(F)F. The Morgan fingerprint density at radius 2 is 1.88 bits per heavy atom. The maximum Gasteiger partial charge on any atom is 0.432 e. The van der Waals surface area contributed by atoms with Crippen molar-refractivity contribution < 1.29 is 17.9 Å². The second-order valence-corrected chi connectivity index (χ2v) is 3.81. The number of nitrogens with zero attached hydrogens (tertiary/aromatic N) is 2. The molecule has 0 aromatic rings. The van der Waals surface area contributed by atoms with Crippen LogP contribution in [0.4, 0.5) is 13.2 Å². The number of halogens is 3. The summed E-state index contributed by atoms with van der Waals surface area (Å²) < 4.78 is 43.4. The van der Waals surface area contributed by atoms with Gasteiger partial charge in [-0.2, -0.15) is 23.7 Å². The molecule has 0 aliphatic carbocycles. The van der Waals surface area contributed by atoms with Gasteiger partial charge in [-0.05, 0) is 20.8 Å². The van der Waals surface area contributed by atoms with Gasteiger partial charge in [-0.1, -0.05) is 0 Å². The van der Waals surface area contributed by atoms with E-state index in [0.29, 0.717) is 0 Å². The molecule has 90 valence electrons. The first kappa shape index (κ1) is 13.1. The quantitative estimate of drug-likeness (QED) is 0.613. The average molecular weight is 242 g/mol. The van der Waals surface area contributed by atoms with E-state index in [-0.39, 0.29) is 22.5 Å². The van der Waals surface area contributed by atoms with Crippen molar-refractivity contribution in [1.82, 2.24) is 0 Å². The molecule has 0 amide bonds. The Morgan fingerprint density at radius 3 is 2.24 bits per heavy atom. The minimum Gasteiger partial charge on any atom is -0.471 e. The Labute approximate surface area is 96.4 Å². The summed E-state index contributed by atoms with van der Waals surface area (Å²) in [5, 5.41) is 17.5. The van der Waals surface area contributed by atoms with Gasteiger partial charge in [0.2, 0.25) is 5.60 Å². The van der Waals surface area contributed by atoms with E-state index in [1.165, 1.54) is 13.8 Å². The van der Waals surface area contributed by atoms with E-state index in [0.717, 1.165) is 6.92 Å². The molecule has 1 rings (SSSR count). The fraction of sp³-hybridized carbons (Fsp3) is 0.455. The summed E-state index contributed by atoms with van der Waals surface area (Å²) in [6.07, 6.45) is -4.64. The minimum absolute atomic E-state index is 0.0473. The molecule has 0 aromatic heterocycles. The number of nitriles is 2. The number of hydrogen-bond donors (Lipinski definition) is 0. The van der Waals surface area contributed by atoms with Gasteiger partial charge in [-0.3, -0.25) is 0 Å². The third kappa shape index (κ3) is 1.76. The highest BCUT2D eigenvalue weighted by Crippen LogP contribution is 2.48. The van der Waals surface area contributed by atoms with E-state index in [9.17, 15) is 13.2 Å². The molecule has 1 atom stereocenters. The molecule has 0 aromatic carbocycles. The van der Waals surface area contributed by atoms with Crippen LogP contribution in [-0.2, 0) is 4.74 Å². The number of hydrogen-bond acceptors (Lipinski definition) is 3. The van der Waals surface area contributed by atoms with Crippen molar-refractivity contribution in [3.05, 3.63) is 22.5 Å². The van der Waals surface area contributed by atoms with Crippen LogP contribution in [0.1, 0.15) is 20.8 Å². The van der Waals surface area contributed by atoms with Crippen LogP contribution in [0.5, 0.6) is 0 Å². The highest BCUT2D eigenvalue weighted by Gasteiger charge is 2.59. The van der Waals surface area contributed by atoms with Crippen LogP contribution in [0, 0.1) is 22.7 Å². The molecule has 0 bridgehead atoms. The monoisotopic (exact) mass is 242 g/mol. The van der Waals surface area contributed by atoms with Crippen molar-refractivity contribution in [2.75, 3.05) is 0 Å². The van der Waals surface area contributed by atoms with E-state index in [2.05, 4.69) is 0 Å². The number of rotatable bonds is 0. The second-order valence-electron chi connectivity index (χ2n) is 3.81. The first-order chi connectivity index (χ1) is 7.69. The molecule has 0 saturated carbocycles. The summed E-state index contributed by atoms with van der Waals surface area (Å²) in [5.41, 5.74) is -3.03. The average Bonchev–Trinajstić information content (AvgIpc) is 2.51. The summed E-state index contributed by atoms with van der Waals surface area (Å²) in [6, 6.07) is 3.33. The number of allylic oxidation sites excluding steroid dienone is 2. The molecular formula is C11H9F3N2O. The van der Waals surface area contributed by atoms with Crippen molar-refractivity contribution in [2.24, 2.45) is 0 Å². The van der Waals surface area contributed by atoms with Gasteiger partial charge >= 0.3 is 6.18 Å². The topological polar surface area (TPSA) is 56.8 Å². The predicted molar refractivity (Wildman–Crippen MR) is 52.2 cm³/mol. The molecule has 0 spiro atoms. The zero-order valence-electron chi connectivity index (χ0n) is 9.44. The van der Waals surface area contributed by atoms with Gasteiger partial charge in [0, 0.05) is 5.57 Å². The molecule has 0 N–H and O–H groups in total. The van der Waals surface area contributed by atoms with Crippen LogP contribution in [0.25, 0.3) is 0 Å². The van der Waals surface area contributed by atoms with E-state index in [1.807, 2.05) is 0 Å². The maximum absolute atomic E-state index is 12.9.